The Labute approximate surface area is 130 Å². The van der Waals surface area contributed by atoms with Crippen molar-refractivity contribution in [1.29, 1.82) is 0 Å². The Morgan fingerprint density at radius 1 is 1.20 bits per heavy atom. The fourth-order valence-electron chi connectivity index (χ4n) is 1.99. The number of aromatic nitrogens is 2. The van der Waals surface area contributed by atoms with Crippen LogP contribution in [0.2, 0.25) is 0 Å². The van der Waals surface area contributed by atoms with Crippen LogP contribution in [-0.4, -0.2) is 15.3 Å². The van der Waals surface area contributed by atoms with Gasteiger partial charge < -0.3 is 9.72 Å². The molecule has 0 aliphatic heterocycles. The van der Waals surface area contributed by atoms with Crippen LogP contribution in [0, 0.1) is 10.5 Å². The highest BCUT2D eigenvalue weighted by Crippen LogP contribution is 2.13. The highest BCUT2D eigenvalue weighted by atomic mass is 127. The molecule has 3 rings (SSSR count). The molecular formula is C15H12IN3O. The molecule has 2 heterocycles. The summed E-state index contributed by atoms with van der Waals surface area (Å²) in [4.78, 5) is 16.5. The lowest BCUT2D eigenvalue weighted by Crippen LogP contribution is -2.12. The van der Waals surface area contributed by atoms with Crippen molar-refractivity contribution < 1.29 is 4.79 Å². The maximum Gasteiger partial charge on any atom is 0.275 e. The lowest BCUT2D eigenvalue weighted by Gasteiger charge is -2.02. The van der Waals surface area contributed by atoms with Crippen LogP contribution in [0.15, 0.2) is 48.7 Å². The molecule has 20 heavy (non-hydrogen) atoms. The van der Waals surface area contributed by atoms with Gasteiger partial charge in [-0.1, -0.05) is 6.07 Å². The van der Waals surface area contributed by atoms with Gasteiger partial charge in [0.15, 0.2) is 0 Å². The first-order valence-corrected chi connectivity index (χ1v) is 7.23. The van der Waals surface area contributed by atoms with E-state index in [2.05, 4.69) is 32.9 Å². The number of nitrogens with one attached hydrogen (secondary N) is 1. The second-order valence-electron chi connectivity index (χ2n) is 4.48. The van der Waals surface area contributed by atoms with E-state index in [0.29, 0.717) is 5.69 Å². The molecule has 2 aromatic heterocycles. The molecule has 4 nitrogen and oxygen atoms in total. The van der Waals surface area contributed by atoms with Crippen LogP contribution in [-0.2, 0) is 0 Å². The predicted molar refractivity (Wildman–Crippen MR) is 87.0 cm³/mol. The summed E-state index contributed by atoms with van der Waals surface area (Å²) in [5.74, 6) is -0.200. The van der Waals surface area contributed by atoms with E-state index in [4.69, 9.17) is 0 Å². The smallest absolute Gasteiger partial charge is 0.275 e. The number of hydrogen-bond acceptors (Lipinski definition) is 2. The minimum absolute atomic E-state index is 0.200. The molecule has 1 amide bonds. The Bertz CT molecular complexity index is 777. The van der Waals surface area contributed by atoms with Gasteiger partial charge in [0.2, 0.25) is 0 Å². The summed E-state index contributed by atoms with van der Waals surface area (Å²) in [7, 11) is 0. The molecule has 1 N–H and O–H groups in total. The first-order valence-electron chi connectivity index (χ1n) is 6.15. The number of hydrogen-bond donors (Lipinski definition) is 1. The van der Waals surface area contributed by atoms with Gasteiger partial charge in [-0.15, -0.1) is 0 Å². The molecule has 0 bridgehead atoms. The number of nitrogens with zero attached hydrogens (tertiary/aromatic N) is 2. The molecule has 0 aliphatic rings. The molecule has 0 atom stereocenters. The van der Waals surface area contributed by atoms with Gasteiger partial charge in [-0.2, -0.15) is 0 Å². The zero-order valence-corrected chi connectivity index (χ0v) is 13.0. The number of carbonyl (C=O) groups is 1. The van der Waals surface area contributed by atoms with Crippen LogP contribution in [0.1, 0.15) is 16.2 Å². The van der Waals surface area contributed by atoms with Crippen molar-refractivity contribution in [2.24, 2.45) is 0 Å². The number of carbonyl (C=O) groups excluding carboxylic acids is 1. The van der Waals surface area contributed by atoms with E-state index in [1.165, 1.54) is 0 Å². The fourth-order valence-corrected chi connectivity index (χ4v) is 2.35. The van der Waals surface area contributed by atoms with Gasteiger partial charge in [0.1, 0.15) is 11.3 Å². The van der Waals surface area contributed by atoms with Crippen molar-refractivity contribution in [3.05, 3.63) is 63.6 Å². The Hall–Kier alpha value is -1.89. The van der Waals surface area contributed by atoms with Crippen molar-refractivity contribution in [2.75, 3.05) is 5.32 Å². The number of benzene rings is 1. The number of aryl methyl sites for hydroxylation is 1. The first kappa shape index (κ1) is 13.1. The molecule has 5 heteroatoms. The highest BCUT2D eigenvalue weighted by Gasteiger charge is 2.11. The van der Waals surface area contributed by atoms with Crippen molar-refractivity contribution in [3.63, 3.8) is 0 Å². The molecule has 0 fully saturated rings. The van der Waals surface area contributed by atoms with Gasteiger partial charge in [0, 0.05) is 21.1 Å². The molecule has 0 aliphatic carbocycles. The summed E-state index contributed by atoms with van der Waals surface area (Å²) >= 11 is 2.23. The average Bonchev–Trinajstić information content (AvgIpc) is 2.87. The summed E-state index contributed by atoms with van der Waals surface area (Å²) in [6.07, 6.45) is 1.76. The fraction of sp³-hybridized carbons (Fsp3) is 0.0667. The quantitative estimate of drug-likeness (QED) is 0.695. The van der Waals surface area contributed by atoms with Gasteiger partial charge in [0.25, 0.3) is 5.91 Å². The minimum Gasteiger partial charge on any atom is -0.321 e. The zero-order chi connectivity index (χ0) is 14.1. The van der Waals surface area contributed by atoms with Crippen LogP contribution in [0.3, 0.4) is 0 Å². The number of pyridine rings is 1. The average molecular weight is 377 g/mol. The van der Waals surface area contributed by atoms with E-state index >= 15 is 0 Å². The number of rotatable bonds is 2. The Balaban J connectivity index is 1.89. The van der Waals surface area contributed by atoms with E-state index in [0.717, 1.165) is 20.6 Å². The summed E-state index contributed by atoms with van der Waals surface area (Å²) in [6.45, 7) is 1.98. The zero-order valence-electron chi connectivity index (χ0n) is 10.8. The largest absolute Gasteiger partial charge is 0.321 e. The van der Waals surface area contributed by atoms with Gasteiger partial charge in [0.05, 0.1) is 0 Å². The van der Waals surface area contributed by atoms with Crippen LogP contribution in [0.4, 0.5) is 5.69 Å². The second-order valence-corrected chi connectivity index (χ2v) is 5.73. The third-order valence-corrected chi connectivity index (χ3v) is 3.75. The molecule has 0 unspecified atom stereocenters. The number of halogens is 1. The summed E-state index contributed by atoms with van der Waals surface area (Å²) < 4.78 is 3.03. The number of amides is 1. The van der Waals surface area contributed by atoms with E-state index in [-0.39, 0.29) is 5.91 Å². The van der Waals surface area contributed by atoms with E-state index in [9.17, 15) is 4.79 Å². The topological polar surface area (TPSA) is 46.4 Å². The van der Waals surface area contributed by atoms with Gasteiger partial charge in [-0.05, 0) is 65.9 Å². The van der Waals surface area contributed by atoms with Crippen molar-refractivity contribution in [3.8, 4) is 0 Å². The van der Waals surface area contributed by atoms with Gasteiger partial charge in [-0.25, -0.2) is 4.98 Å². The van der Waals surface area contributed by atoms with Gasteiger partial charge >= 0.3 is 0 Å². The summed E-state index contributed by atoms with van der Waals surface area (Å²) in [6, 6.07) is 13.4. The van der Waals surface area contributed by atoms with E-state index in [1.807, 2.05) is 53.8 Å². The van der Waals surface area contributed by atoms with Crippen LogP contribution < -0.4 is 5.32 Å². The molecule has 100 valence electrons. The third kappa shape index (κ3) is 2.53. The van der Waals surface area contributed by atoms with E-state index in [1.54, 1.807) is 6.20 Å². The molecule has 0 saturated heterocycles. The van der Waals surface area contributed by atoms with Crippen LogP contribution in [0.5, 0.6) is 0 Å². The first-order chi connectivity index (χ1) is 9.63. The predicted octanol–water partition coefficient (Wildman–Crippen LogP) is 3.50. The Kier molecular flexibility index (Phi) is 3.43. The Morgan fingerprint density at radius 3 is 2.65 bits per heavy atom. The van der Waals surface area contributed by atoms with E-state index < -0.39 is 0 Å². The number of imidazole rings is 1. The molecule has 0 spiro atoms. The number of anilines is 1. The van der Waals surface area contributed by atoms with Crippen LogP contribution in [0.25, 0.3) is 5.65 Å². The molecule has 3 aromatic rings. The summed E-state index contributed by atoms with van der Waals surface area (Å²) in [5, 5.41) is 2.85. The molecule has 1 aromatic carbocycles. The van der Waals surface area contributed by atoms with Crippen molar-refractivity contribution in [2.45, 2.75) is 6.92 Å². The lowest BCUT2D eigenvalue weighted by atomic mass is 10.3. The van der Waals surface area contributed by atoms with Crippen molar-refractivity contribution in [1.82, 2.24) is 9.38 Å². The normalized spacial score (nSPS) is 10.7. The Morgan fingerprint density at radius 2 is 1.95 bits per heavy atom. The molecule has 0 radical (unpaired) electrons. The minimum atomic E-state index is -0.200. The third-order valence-electron chi connectivity index (χ3n) is 3.03. The SMILES string of the molecule is Cc1cccc2nc(C(=O)Nc3ccc(I)cc3)cn12. The maximum atomic E-state index is 12.2. The highest BCUT2D eigenvalue weighted by molar-refractivity contribution is 14.1. The molecule has 0 saturated carbocycles. The second kappa shape index (κ2) is 5.24. The monoisotopic (exact) mass is 377 g/mol. The number of fused-ring (bicyclic) bond motifs is 1. The maximum absolute atomic E-state index is 12.2. The molecular weight excluding hydrogens is 365 g/mol. The summed E-state index contributed by atoms with van der Waals surface area (Å²) in [5.41, 5.74) is 3.00. The van der Waals surface area contributed by atoms with Gasteiger partial charge in [-0.3, -0.25) is 4.79 Å². The standard InChI is InChI=1S/C15H12IN3O/c1-10-3-2-4-14-18-13(9-19(10)14)15(20)17-12-7-5-11(16)6-8-12/h2-9H,1H3,(H,17,20). The lowest BCUT2D eigenvalue weighted by molar-refractivity contribution is 0.102. The van der Waals surface area contributed by atoms with Crippen LogP contribution >= 0.6 is 22.6 Å². The van der Waals surface area contributed by atoms with Crippen molar-refractivity contribution >= 4 is 39.8 Å².